The fourth-order valence-corrected chi connectivity index (χ4v) is 8.21. The second kappa shape index (κ2) is 8.36. The molecule has 0 bridgehead atoms. The normalized spacial score (nSPS) is 12.8. The van der Waals surface area contributed by atoms with Crippen molar-refractivity contribution in [1.29, 1.82) is 0 Å². The molecule has 3 heteroatoms. The summed E-state index contributed by atoms with van der Waals surface area (Å²) < 4.78 is 4.92. The van der Waals surface area contributed by atoms with Crippen molar-refractivity contribution in [2.24, 2.45) is 0 Å². The van der Waals surface area contributed by atoms with Crippen LogP contribution in [0.4, 0.5) is 0 Å². The molecule has 3 aromatic heterocycles. The molecular weight excluding hydrogens is 534 g/mol. The van der Waals surface area contributed by atoms with Crippen LogP contribution in [0.3, 0.4) is 0 Å². The van der Waals surface area contributed by atoms with Crippen molar-refractivity contribution in [2.75, 3.05) is 0 Å². The minimum atomic E-state index is 0.917. The van der Waals surface area contributed by atoms with Gasteiger partial charge in [-0.15, -0.1) is 0 Å². The summed E-state index contributed by atoms with van der Waals surface area (Å²) in [6, 6.07) is 40.6. The first-order chi connectivity index (χ1) is 21.6. The first-order valence-electron chi connectivity index (χ1n) is 15.5. The van der Waals surface area contributed by atoms with Crippen LogP contribution in [-0.4, -0.2) is 13.8 Å². The second-order valence-corrected chi connectivity index (χ2v) is 12.6. The summed E-state index contributed by atoms with van der Waals surface area (Å²) in [6.45, 7) is 6.62. The number of nitrogens with zero attached hydrogens (tertiary/aromatic N) is 3. The van der Waals surface area contributed by atoms with Gasteiger partial charge in [0.15, 0.2) is 0 Å². The zero-order valence-electron chi connectivity index (χ0n) is 24.9. The Morgan fingerprint density at radius 2 is 1.23 bits per heavy atom. The van der Waals surface area contributed by atoms with Crippen molar-refractivity contribution in [2.45, 2.75) is 27.2 Å². The minimum absolute atomic E-state index is 0.917. The van der Waals surface area contributed by atoms with E-state index < -0.39 is 0 Å². The third-order valence-corrected chi connectivity index (χ3v) is 9.97. The van der Waals surface area contributed by atoms with Crippen molar-refractivity contribution in [3.8, 4) is 11.1 Å². The number of hydrogen-bond donors (Lipinski definition) is 0. The molecule has 0 amide bonds. The number of hydrogen-bond acceptors (Lipinski definition) is 1. The molecule has 0 atom stereocenters. The first-order valence-corrected chi connectivity index (χ1v) is 15.5. The molecule has 1 aliphatic carbocycles. The molecule has 0 unspecified atom stereocenters. The van der Waals surface area contributed by atoms with Gasteiger partial charge in [0, 0.05) is 10.8 Å². The van der Waals surface area contributed by atoms with Crippen molar-refractivity contribution in [3.63, 3.8) is 0 Å². The standard InChI is InChI=1S/C41H29N3/c1-23-19-25(3)38-35(20-23)43-36-22-33-27-13-5-4-12-26(27)21-34(33)37-31-17-9-8-15-29(31)28-14-6-7-16-30(28)32-18-10-11-24(2)39(32)44(40(36)37)41(43)42-38/h4-20,22H,21H2,1-3H3. The summed E-state index contributed by atoms with van der Waals surface area (Å²) >= 11 is 0. The molecule has 1 aliphatic rings. The molecule has 0 fully saturated rings. The van der Waals surface area contributed by atoms with Gasteiger partial charge in [-0.2, -0.15) is 0 Å². The molecule has 44 heavy (non-hydrogen) atoms. The third kappa shape index (κ3) is 2.94. The van der Waals surface area contributed by atoms with Gasteiger partial charge in [-0.05, 0) is 99.8 Å². The van der Waals surface area contributed by atoms with Crippen molar-refractivity contribution in [1.82, 2.24) is 13.8 Å². The summed E-state index contributed by atoms with van der Waals surface area (Å²) in [6.07, 6.45) is 0.917. The molecule has 0 aliphatic heterocycles. The maximum absolute atomic E-state index is 5.47. The SMILES string of the molecule is Cc1cc(C)c2nc3n(c2c1)c1cc2c(c4c5ccccc5c5ccccc5c5cccc(C)c5n3c41)Cc1ccccc1-2. The average Bonchev–Trinajstić information content (AvgIpc) is 3.69. The lowest BCUT2D eigenvalue weighted by molar-refractivity contribution is 1.20. The van der Waals surface area contributed by atoms with Crippen LogP contribution in [0, 0.1) is 20.8 Å². The van der Waals surface area contributed by atoms with E-state index in [0.29, 0.717) is 0 Å². The monoisotopic (exact) mass is 563 g/mol. The van der Waals surface area contributed by atoms with Crippen molar-refractivity contribution >= 4 is 65.7 Å². The zero-order chi connectivity index (χ0) is 29.3. The number of aromatic nitrogens is 3. The van der Waals surface area contributed by atoms with Gasteiger partial charge in [-0.25, -0.2) is 4.98 Å². The van der Waals surface area contributed by atoms with Crippen LogP contribution in [0.15, 0.2) is 109 Å². The highest BCUT2D eigenvalue weighted by Crippen LogP contribution is 2.46. The Morgan fingerprint density at radius 3 is 2.05 bits per heavy atom. The molecule has 9 aromatic rings. The Hall–Kier alpha value is -5.41. The summed E-state index contributed by atoms with van der Waals surface area (Å²) in [5.74, 6) is 0.967. The molecule has 0 saturated carbocycles. The highest BCUT2D eigenvalue weighted by molar-refractivity contribution is 6.23. The molecule has 0 N–H and O–H groups in total. The van der Waals surface area contributed by atoms with Gasteiger partial charge < -0.3 is 0 Å². The zero-order valence-corrected chi connectivity index (χ0v) is 24.9. The van der Waals surface area contributed by atoms with E-state index in [9.17, 15) is 0 Å². The summed E-state index contributed by atoms with van der Waals surface area (Å²) in [7, 11) is 0. The number of aryl methyl sites for hydroxylation is 3. The van der Waals surface area contributed by atoms with Crippen molar-refractivity contribution < 1.29 is 0 Å². The number of para-hydroxylation sites is 1. The molecular formula is C41H29N3. The fourth-order valence-electron chi connectivity index (χ4n) is 8.21. The van der Waals surface area contributed by atoms with Crippen LogP contribution >= 0.6 is 0 Å². The predicted octanol–water partition coefficient (Wildman–Crippen LogP) is 10.4. The Bertz CT molecular complexity index is 2770. The number of imidazole rings is 2. The molecule has 0 spiro atoms. The Balaban J connectivity index is 1.67. The van der Waals surface area contributed by atoms with Gasteiger partial charge in [0.25, 0.3) is 0 Å². The minimum Gasteiger partial charge on any atom is -0.277 e. The van der Waals surface area contributed by atoms with Crippen LogP contribution in [0.25, 0.3) is 76.8 Å². The first kappa shape index (κ1) is 24.1. The topological polar surface area (TPSA) is 21.7 Å². The number of rotatable bonds is 0. The van der Waals surface area contributed by atoms with E-state index in [1.807, 2.05) is 0 Å². The van der Waals surface area contributed by atoms with Crippen LogP contribution in [0.2, 0.25) is 0 Å². The molecule has 208 valence electrons. The number of benzene rings is 6. The lowest BCUT2D eigenvalue weighted by atomic mass is 9.96. The predicted molar refractivity (Wildman–Crippen MR) is 185 cm³/mol. The van der Waals surface area contributed by atoms with Gasteiger partial charge in [-0.3, -0.25) is 8.80 Å². The van der Waals surface area contributed by atoms with E-state index in [1.54, 1.807) is 0 Å². The van der Waals surface area contributed by atoms with Crippen LogP contribution in [0.5, 0.6) is 0 Å². The van der Waals surface area contributed by atoms with Crippen molar-refractivity contribution in [3.05, 3.63) is 137 Å². The van der Waals surface area contributed by atoms with E-state index in [4.69, 9.17) is 4.98 Å². The van der Waals surface area contributed by atoms with E-state index in [0.717, 1.165) is 17.7 Å². The maximum Gasteiger partial charge on any atom is 0.220 e. The highest BCUT2D eigenvalue weighted by Gasteiger charge is 2.27. The van der Waals surface area contributed by atoms with E-state index in [1.165, 1.54) is 93.3 Å². The lowest BCUT2D eigenvalue weighted by Gasteiger charge is -2.10. The van der Waals surface area contributed by atoms with Crippen LogP contribution in [-0.2, 0) is 6.42 Å². The summed E-state index contributed by atoms with van der Waals surface area (Å²) in [5.41, 5.74) is 15.0. The second-order valence-electron chi connectivity index (χ2n) is 12.6. The van der Waals surface area contributed by atoms with Gasteiger partial charge >= 0.3 is 0 Å². The third-order valence-electron chi connectivity index (χ3n) is 9.97. The van der Waals surface area contributed by atoms with E-state index in [2.05, 4.69) is 139 Å². The van der Waals surface area contributed by atoms with Gasteiger partial charge in [0.1, 0.15) is 0 Å². The maximum atomic E-state index is 5.47. The number of fused-ring (bicyclic) bond motifs is 16. The van der Waals surface area contributed by atoms with Gasteiger partial charge in [-0.1, -0.05) is 97.1 Å². The van der Waals surface area contributed by atoms with Crippen LogP contribution < -0.4 is 0 Å². The Kier molecular flexibility index (Phi) is 4.57. The molecule has 3 heterocycles. The summed E-state index contributed by atoms with van der Waals surface area (Å²) in [5, 5.41) is 7.60. The smallest absolute Gasteiger partial charge is 0.220 e. The fraction of sp³-hybridized carbons (Fsp3) is 0.0976. The Labute approximate surface area is 254 Å². The molecule has 3 nitrogen and oxygen atoms in total. The largest absolute Gasteiger partial charge is 0.277 e. The van der Waals surface area contributed by atoms with E-state index in [-0.39, 0.29) is 0 Å². The summed E-state index contributed by atoms with van der Waals surface area (Å²) in [4.78, 5) is 5.47. The molecule has 0 saturated heterocycles. The van der Waals surface area contributed by atoms with Gasteiger partial charge in [0.05, 0.1) is 27.6 Å². The quantitative estimate of drug-likeness (QED) is 0.180. The Morgan fingerprint density at radius 1 is 0.545 bits per heavy atom. The average molecular weight is 564 g/mol. The molecule has 0 radical (unpaired) electrons. The van der Waals surface area contributed by atoms with E-state index >= 15 is 0 Å². The lowest BCUT2D eigenvalue weighted by Crippen LogP contribution is -1.93. The van der Waals surface area contributed by atoms with Crippen LogP contribution in [0.1, 0.15) is 27.8 Å². The molecule has 6 aromatic carbocycles. The molecule has 10 rings (SSSR count). The highest BCUT2D eigenvalue weighted by atomic mass is 15.2. The van der Waals surface area contributed by atoms with Gasteiger partial charge in [0.2, 0.25) is 5.78 Å².